The fraction of sp³-hybridized carbons (Fsp3) is 0.308. The SMILES string of the molecule is FC(F)(F)Oc1cccc2c(Cl)c3c(nc12)CCOC3. The quantitative estimate of drug-likeness (QED) is 0.801. The van der Waals surface area contributed by atoms with Gasteiger partial charge < -0.3 is 9.47 Å². The number of benzene rings is 1. The Balaban J connectivity index is 2.21. The number of nitrogens with zero attached hydrogens (tertiary/aromatic N) is 1. The molecule has 0 unspecified atom stereocenters. The molecule has 2 aromatic rings. The normalized spacial score (nSPS) is 15.2. The van der Waals surface area contributed by atoms with Gasteiger partial charge in [-0.2, -0.15) is 0 Å². The van der Waals surface area contributed by atoms with E-state index in [1.54, 1.807) is 6.07 Å². The molecule has 0 spiro atoms. The van der Waals surface area contributed by atoms with Crippen LogP contribution in [0.2, 0.25) is 5.02 Å². The van der Waals surface area contributed by atoms with E-state index in [1.165, 1.54) is 12.1 Å². The lowest BCUT2D eigenvalue weighted by Gasteiger charge is -2.19. The van der Waals surface area contributed by atoms with Crippen LogP contribution in [-0.4, -0.2) is 18.0 Å². The number of alkyl halides is 3. The van der Waals surface area contributed by atoms with Crippen LogP contribution in [-0.2, 0) is 17.8 Å². The summed E-state index contributed by atoms with van der Waals surface area (Å²) in [6, 6.07) is 4.29. The number of rotatable bonds is 1. The zero-order valence-corrected chi connectivity index (χ0v) is 10.9. The zero-order chi connectivity index (χ0) is 14.3. The maximum Gasteiger partial charge on any atom is 0.573 e. The summed E-state index contributed by atoms with van der Waals surface area (Å²) in [7, 11) is 0. The second kappa shape index (κ2) is 4.79. The summed E-state index contributed by atoms with van der Waals surface area (Å²) in [4.78, 5) is 4.27. The fourth-order valence-electron chi connectivity index (χ4n) is 2.21. The first-order valence-corrected chi connectivity index (χ1v) is 6.27. The van der Waals surface area contributed by atoms with Crippen molar-refractivity contribution >= 4 is 22.5 Å². The fourth-order valence-corrected chi connectivity index (χ4v) is 2.53. The van der Waals surface area contributed by atoms with Crippen molar-refractivity contribution in [1.29, 1.82) is 0 Å². The number of para-hydroxylation sites is 1. The van der Waals surface area contributed by atoms with Crippen LogP contribution in [0.1, 0.15) is 11.3 Å². The average molecular weight is 304 g/mol. The van der Waals surface area contributed by atoms with Crippen molar-refractivity contribution in [3.05, 3.63) is 34.5 Å². The molecule has 0 amide bonds. The molecule has 0 bridgehead atoms. The Morgan fingerprint density at radius 3 is 2.85 bits per heavy atom. The van der Waals surface area contributed by atoms with Crippen molar-refractivity contribution < 1.29 is 22.6 Å². The van der Waals surface area contributed by atoms with Gasteiger partial charge in [-0.05, 0) is 6.07 Å². The maximum absolute atomic E-state index is 12.4. The van der Waals surface area contributed by atoms with Crippen LogP contribution in [0.5, 0.6) is 5.75 Å². The summed E-state index contributed by atoms with van der Waals surface area (Å²) in [5, 5.41) is 0.801. The van der Waals surface area contributed by atoms with Gasteiger partial charge in [0.1, 0.15) is 5.52 Å². The molecule has 7 heteroatoms. The summed E-state index contributed by atoms with van der Waals surface area (Å²) in [6.45, 7) is 0.797. The van der Waals surface area contributed by atoms with Crippen LogP contribution in [0.25, 0.3) is 10.9 Å². The molecule has 0 N–H and O–H groups in total. The minimum Gasteiger partial charge on any atom is -0.403 e. The molecule has 2 heterocycles. The van der Waals surface area contributed by atoms with Crippen LogP contribution in [0, 0.1) is 0 Å². The molecule has 0 saturated carbocycles. The summed E-state index contributed by atoms with van der Waals surface area (Å²) < 4.78 is 46.5. The largest absolute Gasteiger partial charge is 0.573 e. The Hall–Kier alpha value is -1.53. The second-order valence-corrected chi connectivity index (χ2v) is 4.73. The van der Waals surface area contributed by atoms with Crippen LogP contribution in [0.15, 0.2) is 18.2 Å². The van der Waals surface area contributed by atoms with Gasteiger partial charge in [0.25, 0.3) is 0 Å². The number of aromatic nitrogens is 1. The third-order valence-electron chi connectivity index (χ3n) is 3.05. The van der Waals surface area contributed by atoms with Crippen molar-refractivity contribution in [3.63, 3.8) is 0 Å². The lowest BCUT2D eigenvalue weighted by atomic mass is 10.1. The van der Waals surface area contributed by atoms with Gasteiger partial charge >= 0.3 is 6.36 Å². The van der Waals surface area contributed by atoms with E-state index in [1.807, 2.05) is 0 Å². The first kappa shape index (κ1) is 13.5. The highest BCUT2D eigenvalue weighted by molar-refractivity contribution is 6.36. The summed E-state index contributed by atoms with van der Waals surface area (Å²) in [5.41, 5.74) is 1.51. The van der Waals surface area contributed by atoms with Crippen molar-refractivity contribution in [2.24, 2.45) is 0 Å². The summed E-state index contributed by atoms with van der Waals surface area (Å²) >= 11 is 6.25. The van der Waals surface area contributed by atoms with Crippen molar-refractivity contribution in [3.8, 4) is 5.75 Å². The third kappa shape index (κ3) is 2.41. The predicted octanol–water partition coefficient (Wildman–Crippen LogP) is 3.86. The van der Waals surface area contributed by atoms with Crippen LogP contribution < -0.4 is 4.74 Å². The maximum atomic E-state index is 12.4. The van der Waals surface area contributed by atoms with Gasteiger partial charge in [-0.25, -0.2) is 4.98 Å². The Bertz CT molecular complexity index is 673. The van der Waals surface area contributed by atoms with Crippen molar-refractivity contribution in [1.82, 2.24) is 4.98 Å². The van der Waals surface area contributed by atoms with Gasteiger partial charge in [0, 0.05) is 17.4 Å². The lowest BCUT2D eigenvalue weighted by Crippen LogP contribution is -2.18. The molecule has 0 radical (unpaired) electrons. The molecule has 106 valence electrons. The van der Waals surface area contributed by atoms with E-state index < -0.39 is 6.36 Å². The van der Waals surface area contributed by atoms with Gasteiger partial charge in [-0.3, -0.25) is 0 Å². The number of pyridine rings is 1. The molecule has 0 saturated heterocycles. The van der Waals surface area contributed by atoms with E-state index >= 15 is 0 Å². The number of hydrogen-bond acceptors (Lipinski definition) is 3. The molecule has 3 nitrogen and oxygen atoms in total. The van der Waals surface area contributed by atoms with E-state index in [4.69, 9.17) is 16.3 Å². The number of hydrogen-bond donors (Lipinski definition) is 0. The van der Waals surface area contributed by atoms with Crippen LogP contribution >= 0.6 is 11.6 Å². The van der Waals surface area contributed by atoms with Gasteiger partial charge in [-0.15, -0.1) is 13.2 Å². The molecule has 3 rings (SSSR count). The van der Waals surface area contributed by atoms with E-state index in [0.29, 0.717) is 35.7 Å². The van der Waals surface area contributed by atoms with E-state index in [9.17, 15) is 13.2 Å². The van der Waals surface area contributed by atoms with E-state index in [2.05, 4.69) is 9.72 Å². The molecule has 0 aliphatic carbocycles. The van der Waals surface area contributed by atoms with Gasteiger partial charge in [-0.1, -0.05) is 23.7 Å². The smallest absolute Gasteiger partial charge is 0.403 e. The summed E-state index contributed by atoms with van der Waals surface area (Å²) in [5.74, 6) is -0.341. The molecule has 1 aliphatic heterocycles. The standard InChI is InChI=1S/C13H9ClF3NO2/c14-11-7-2-1-3-10(20-13(15,16)17)12(7)18-9-4-5-19-6-8(9)11/h1-3H,4-6H2. The Labute approximate surface area is 117 Å². The second-order valence-electron chi connectivity index (χ2n) is 4.35. The number of ether oxygens (including phenoxy) is 2. The molecular weight excluding hydrogens is 295 g/mol. The minimum atomic E-state index is -4.76. The molecule has 1 aromatic carbocycles. The minimum absolute atomic E-state index is 0.121. The Morgan fingerprint density at radius 1 is 1.30 bits per heavy atom. The molecule has 0 fully saturated rings. The first-order valence-electron chi connectivity index (χ1n) is 5.89. The number of halogens is 4. The molecular formula is C13H9ClF3NO2. The van der Waals surface area contributed by atoms with Gasteiger partial charge in [0.2, 0.25) is 0 Å². The number of fused-ring (bicyclic) bond motifs is 2. The van der Waals surface area contributed by atoms with Crippen molar-refractivity contribution in [2.45, 2.75) is 19.4 Å². The monoisotopic (exact) mass is 303 g/mol. The van der Waals surface area contributed by atoms with Crippen LogP contribution in [0.3, 0.4) is 0 Å². The Morgan fingerprint density at radius 2 is 2.10 bits per heavy atom. The molecule has 20 heavy (non-hydrogen) atoms. The lowest BCUT2D eigenvalue weighted by molar-refractivity contribution is -0.274. The molecule has 1 aliphatic rings. The molecule has 0 atom stereocenters. The van der Waals surface area contributed by atoms with Crippen LogP contribution in [0.4, 0.5) is 13.2 Å². The van der Waals surface area contributed by atoms with Gasteiger partial charge in [0.05, 0.1) is 23.9 Å². The predicted molar refractivity (Wildman–Crippen MR) is 66.8 cm³/mol. The molecule has 1 aromatic heterocycles. The first-order chi connectivity index (χ1) is 9.46. The average Bonchev–Trinajstić information content (AvgIpc) is 2.39. The van der Waals surface area contributed by atoms with Crippen molar-refractivity contribution in [2.75, 3.05) is 6.61 Å². The summed E-state index contributed by atoms with van der Waals surface area (Å²) in [6.07, 6.45) is -4.24. The highest BCUT2D eigenvalue weighted by Gasteiger charge is 2.32. The van der Waals surface area contributed by atoms with E-state index in [-0.39, 0.29) is 11.3 Å². The zero-order valence-electron chi connectivity index (χ0n) is 10.1. The van der Waals surface area contributed by atoms with Gasteiger partial charge in [0.15, 0.2) is 5.75 Å². The third-order valence-corrected chi connectivity index (χ3v) is 3.48. The highest BCUT2D eigenvalue weighted by Crippen LogP contribution is 2.36. The topological polar surface area (TPSA) is 31.4 Å². The Kier molecular flexibility index (Phi) is 3.22. The highest BCUT2D eigenvalue weighted by atomic mass is 35.5. The van der Waals surface area contributed by atoms with E-state index in [0.717, 1.165) is 5.56 Å².